The zero-order valence-corrected chi connectivity index (χ0v) is 22.7. The van der Waals surface area contributed by atoms with Gasteiger partial charge < -0.3 is 10.6 Å². The number of halogens is 2. The Hall–Kier alpha value is -3.25. The van der Waals surface area contributed by atoms with Gasteiger partial charge in [-0.25, -0.2) is 0 Å². The first-order valence-corrected chi connectivity index (χ1v) is 13.4. The first kappa shape index (κ1) is 26.8. The van der Waals surface area contributed by atoms with Crippen LogP contribution in [0.2, 0.25) is 10.0 Å². The van der Waals surface area contributed by atoms with Crippen LogP contribution in [0.15, 0.2) is 102 Å². The highest BCUT2D eigenvalue weighted by Gasteiger charge is 2.23. The summed E-state index contributed by atoms with van der Waals surface area (Å²) in [5.74, 6) is -0.0530. The molecule has 7 heteroatoms. The van der Waals surface area contributed by atoms with Crippen LogP contribution in [0.1, 0.15) is 46.5 Å². The van der Waals surface area contributed by atoms with E-state index in [2.05, 4.69) is 24.5 Å². The number of hydrogen-bond donors (Lipinski definition) is 2. The maximum atomic E-state index is 13.4. The predicted octanol–water partition coefficient (Wildman–Crippen LogP) is 8.84. The molecule has 1 unspecified atom stereocenters. The van der Waals surface area contributed by atoms with Crippen LogP contribution in [-0.4, -0.2) is 11.8 Å². The molecule has 0 aliphatic rings. The second-order valence-corrected chi connectivity index (χ2v) is 10.8. The van der Waals surface area contributed by atoms with Crippen LogP contribution < -0.4 is 10.6 Å². The van der Waals surface area contributed by atoms with E-state index in [1.807, 2.05) is 72.8 Å². The number of hydrogen-bond acceptors (Lipinski definition) is 3. The largest absolute Gasteiger partial charge is 0.325 e. The fourth-order valence-electron chi connectivity index (χ4n) is 3.72. The number of thioether (sulfide) groups is 1. The summed E-state index contributed by atoms with van der Waals surface area (Å²) >= 11 is 13.5. The normalized spacial score (nSPS) is 11.7. The Labute approximate surface area is 231 Å². The van der Waals surface area contributed by atoms with Crippen LogP contribution in [0.25, 0.3) is 0 Å². The molecule has 0 radical (unpaired) electrons. The van der Waals surface area contributed by atoms with Gasteiger partial charge >= 0.3 is 0 Å². The molecule has 2 amide bonds. The molecule has 0 fully saturated rings. The molecule has 0 saturated carbocycles. The van der Waals surface area contributed by atoms with Gasteiger partial charge in [0.1, 0.15) is 5.25 Å². The standard InChI is InChI=1S/C30H26Cl2N2O2S/c1-19(2)20-11-14-23(15-12-20)33-30(36)28(21-7-4-3-5-8-21)37-25-10-6-9-24(18-25)34-29(35)26-16-13-22(31)17-27(26)32/h3-19,28H,1-2H3,(H,33,36)(H,34,35). The van der Waals surface area contributed by atoms with Gasteiger partial charge in [0, 0.05) is 21.3 Å². The van der Waals surface area contributed by atoms with Crippen LogP contribution in [0, 0.1) is 0 Å². The number of amides is 2. The van der Waals surface area contributed by atoms with Gasteiger partial charge in [0.05, 0.1) is 10.6 Å². The predicted molar refractivity (Wildman–Crippen MR) is 155 cm³/mol. The van der Waals surface area contributed by atoms with Crippen LogP contribution in [0.5, 0.6) is 0 Å². The minimum absolute atomic E-state index is 0.129. The van der Waals surface area contributed by atoms with E-state index in [1.54, 1.807) is 18.2 Å². The molecule has 0 saturated heterocycles. The summed E-state index contributed by atoms with van der Waals surface area (Å²) in [5, 5.41) is 6.16. The first-order valence-electron chi connectivity index (χ1n) is 11.8. The summed E-state index contributed by atoms with van der Waals surface area (Å²) in [7, 11) is 0. The summed E-state index contributed by atoms with van der Waals surface area (Å²) in [6.45, 7) is 4.27. The Morgan fingerprint density at radius 2 is 1.46 bits per heavy atom. The molecule has 0 aromatic heterocycles. The molecule has 4 rings (SSSR count). The van der Waals surface area contributed by atoms with Crippen molar-refractivity contribution in [1.82, 2.24) is 0 Å². The molecule has 37 heavy (non-hydrogen) atoms. The highest BCUT2D eigenvalue weighted by atomic mass is 35.5. The molecule has 0 bridgehead atoms. The lowest BCUT2D eigenvalue weighted by Crippen LogP contribution is -2.19. The van der Waals surface area contributed by atoms with Gasteiger partial charge in [0.15, 0.2) is 0 Å². The second-order valence-electron chi connectivity index (χ2n) is 8.78. The van der Waals surface area contributed by atoms with Gasteiger partial charge in [0.25, 0.3) is 5.91 Å². The van der Waals surface area contributed by atoms with Gasteiger partial charge in [-0.05, 0) is 65.6 Å². The Morgan fingerprint density at radius 1 is 0.730 bits per heavy atom. The van der Waals surface area contributed by atoms with E-state index in [1.165, 1.54) is 23.4 Å². The minimum Gasteiger partial charge on any atom is -0.325 e. The lowest BCUT2D eigenvalue weighted by molar-refractivity contribution is -0.115. The van der Waals surface area contributed by atoms with E-state index in [0.717, 1.165) is 16.1 Å². The van der Waals surface area contributed by atoms with Crippen LogP contribution in [0.3, 0.4) is 0 Å². The first-order chi connectivity index (χ1) is 17.8. The van der Waals surface area contributed by atoms with Gasteiger partial charge in [-0.2, -0.15) is 0 Å². The van der Waals surface area contributed by atoms with Crippen LogP contribution in [0.4, 0.5) is 11.4 Å². The SMILES string of the molecule is CC(C)c1ccc(NC(=O)C(Sc2cccc(NC(=O)c3ccc(Cl)cc3Cl)c2)c2ccccc2)cc1. The molecule has 4 nitrogen and oxygen atoms in total. The van der Waals surface area contributed by atoms with Crippen molar-refractivity contribution >= 4 is 58.2 Å². The monoisotopic (exact) mass is 548 g/mol. The Kier molecular flexibility index (Phi) is 8.93. The molecule has 0 aliphatic heterocycles. The highest BCUT2D eigenvalue weighted by Crippen LogP contribution is 2.37. The topological polar surface area (TPSA) is 58.2 Å². The molecule has 4 aromatic carbocycles. The molecular formula is C30H26Cl2N2O2S. The fourth-order valence-corrected chi connectivity index (χ4v) is 5.29. The number of rotatable bonds is 8. The summed E-state index contributed by atoms with van der Waals surface area (Å²) in [4.78, 5) is 27.0. The van der Waals surface area contributed by atoms with Crippen molar-refractivity contribution in [2.75, 3.05) is 10.6 Å². The maximum absolute atomic E-state index is 13.4. The molecule has 1 atom stereocenters. The van der Waals surface area contributed by atoms with Gasteiger partial charge in [-0.15, -0.1) is 11.8 Å². The van der Waals surface area contributed by atoms with E-state index < -0.39 is 5.25 Å². The van der Waals surface area contributed by atoms with Crippen molar-refractivity contribution in [3.63, 3.8) is 0 Å². The summed E-state index contributed by atoms with van der Waals surface area (Å²) in [5.41, 5.74) is 3.76. The third kappa shape index (κ3) is 7.16. The molecule has 4 aromatic rings. The van der Waals surface area contributed by atoms with Gasteiger partial charge in [-0.3, -0.25) is 9.59 Å². The second kappa shape index (κ2) is 12.3. The van der Waals surface area contributed by atoms with Crippen molar-refractivity contribution in [2.45, 2.75) is 29.9 Å². The Morgan fingerprint density at radius 3 is 2.14 bits per heavy atom. The Bertz CT molecular complexity index is 1390. The zero-order chi connectivity index (χ0) is 26.4. The summed E-state index contributed by atoms with van der Waals surface area (Å²) in [6.07, 6.45) is 0. The lowest BCUT2D eigenvalue weighted by Gasteiger charge is -2.18. The smallest absolute Gasteiger partial charge is 0.257 e. The van der Waals surface area contributed by atoms with E-state index in [-0.39, 0.29) is 16.8 Å². The number of anilines is 2. The quantitative estimate of drug-likeness (QED) is 0.216. The third-order valence-electron chi connectivity index (χ3n) is 5.71. The molecule has 188 valence electrons. The molecular weight excluding hydrogens is 523 g/mol. The van der Waals surface area contributed by atoms with Crippen molar-refractivity contribution in [1.29, 1.82) is 0 Å². The number of nitrogens with one attached hydrogen (secondary N) is 2. The molecule has 0 spiro atoms. The van der Waals surface area contributed by atoms with Gasteiger partial charge in [0.2, 0.25) is 5.91 Å². The zero-order valence-electron chi connectivity index (χ0n) is 20.4. The Balaban J connectivity index is 1.53. The van der Waals surface area contributed by atoms with Crippen molar-refractivity contribution in [3.8, 4) is 0 Å². The molecule has 0 aliphatic carbocycles. The average Bonchev–Trinajstić information content (AvgIpc) is 2.88. The fraction of sp³-hybridized carbons (Fsp3) is 0.133. The summed E-state index contributed by atoms with van der Waals surface area (Å²) in [6, 6.07) is 29.7. The minimum atomic E-state index is -0.498. The van der Waals surface area contributed by atoms with E-state index >= 15 is 0 Å². The maximum Gasteiger partial charge on any atom is 0.257 e. The van der Waals surface area contributed by atoms with Gasteiger partial charge in [-0.1, -0.05) is 85.6 Å². The summed E-state index contributed by atoms with van der Waals surface area (Å²) < 4.78 is 0. The van der Waals surface area contributed by atoms with Crippen molar-refractivity contribution in [2.24, 2.45) is 0 Å². The van der Waals surface area contributed by atoms with E-state index in [4.69, 9.17) is 23.2 Å². The number of carbonyl (C=O) groups excluding carboxylic acids is 2. The molecule has 0 heterocycles. The van der Waals surface area contributed by atoms with E-state index in [9.17, 15) is 9.59 Å². The highest BCUT2D eigenvalue weighted by molar-refractivity contribution is 8.00. The van der Waals surface area contributed by atoms with Crippen molar-refractivity contribution < 1.29 is 9.59 Å². The van der Waals surface area contributed by atoms with Crippen molar-refractivity contribution in [3.05, 3.63) is 124 Å². The lowest BCUT2D eigenvalue weighted by atomic mass is 10.0. The number of carbonyl (C=O) groups is 2. The van der Waals surface area contributed by atoms with Crippen LogP contribution in [-0.2, 0) is 4.79 Å². The third-order valence-corrected chi connectivity index (χ3v) is 7.50. The van der Waals surface area contributed by atoms with Crippen LogP contribution >= 0.6 is 35.0 Å². The molecule has 2 N–H and O–H groups in total. The number of benzene rings is 4. The average molecular weight is 550 g/mol. The van der Waals surface area contributed by atoms with E-state index in [0.29, 0.717) is 22.2 Å².